The predicted octanol–water partition coefficient (Wildman–Crippen LogP) is 3.84. The van der Waals surface area contributed by atoms with E-state index in [1.165, 1.54) is 38.6 Å². The molecule has 0 amide bonds. The van der Waals surface area contributed by atoms with Crippen LogP contribution in [-0.4, -0.2) is 12.6 Å². The summed E-state index contributed by atoms with van der Waals surface area (Å²) in [4.78, 5) is 0. The van der Waals surface area contributed by atoms with E-state index in [4.69, 9.17) is 0 Å². The number of hydrogen-bond acceptors (Lipinski definition) is 1. The van der Waals surface area contributed by atoms with Gasteiger partial charge in [0.2, 0.25) is 0 Å². The normalized spacial score (nSPS) is 41.2. The molecular formula is C15H29N. The first-order valence-corrected chi connectivity index (χ1v) is 7.20. The Labute approximate surface area is 101 Å². The second kappa shape index (κ2) is 4.68. The van der Waals surface area contributed by atoms with E-state index in [2.05, 4.69) is 33.0 Å². The fourth-order valence-corrected chi connectivity index (χ4v) is 3.79. The molecule has 1 saturated heterocycles. The maximum absolute atomic E-state index is 3.61. The Bertz CT molecular complexity index is 220. The van der Waals surface area contributed by atoms with Crippen LogP contribution < -0.4 is 5.32 Å². The van der Waals surface area contributed by atoms with Crippen LogP contribution in [0.5, 0.6) is 0 Å². The van der Waals surface area contributed by atoms with Gasteiger partial charge >= 0.3 is 0 Å². The summed E-state index contributed by atoms with van der Waals surface area (Å²) in [5.41, 5.74) is 0.534. The van der Waals surface area contributed by atoms with Crippen molar-refractivity contribution in [1.82, 2.24) is 5.32 Å². The minimum absolute atomic E-state index is 0.534. The molecule has 1 heterocycles. The highest BCUT2D eigenvalue weighted by atomic mass is 14.9. The first-order chi connectivity index (χ1) is 7.47. The zero-order valence-corrected chi connectivity index (χ0v) is 11.6. The second-order valence-electron chi connectivity index (χ2n) is 7.28. The summed E-state index contributed by atoms with van der Waals surface area (Å²) >= 11 is 0. The van der Waals surface area contributed by atoms with Crippen molar-refractivity contribution in [3.8, 4) is 0 Å². The lowest BCUT2D eigenvalue weighted by molar-refractivity contribution is 0.127. The minimum atomic E-state index is 0.534. The summed E-state index contributed by atoms with van der Waals surface area (Å²) in [5, 5.41) is 3.61. The van der Waals surface area contributed by atoms with Gasteiger partial charge in [-0.25, -0.2) is 0 Å². The van der Waals surface area contributed by atoms with Crippen LogP contribution in [0.4, 0.5) is 0 Å². The van der Waals surface area contributed by atoms with E-state index in [1.807, 2.05) is 0 Å². The Morgan fingerprint density at radius 3 is 2.00 bits per heavy atom. The van der Waals surface area contributed by atoms with E-state index < -0.39 is 0 Å². The van der Waals surface area contributed by atoms with Gasteiger partial charge in [-0.2, -0.15) is 0 Å². The van der Waals surface area contributed by atoms with E-state index in [9.17, 15) is 0 Å². The van der Waals surface area contributed by atoms with Gasteiger partial charge in [-0.1, -0.05) is 20.8 Å². The third-order valence-corrected chi connectivity index (χ3v) is 5.05. The van der Waals surface area contributed by atoms with E-state index in [1.54, 1.807) is 0 Å². The van der Waals surface area contributed by atoms with Gasteiger partial charge in [0.15, 0.2) is 0 Å². The molecule has 2 aliphatic rings. The lowest BCUT2D eigenvalue weighted by atomic mass is 9.67. The van der Waals surface area contributed by atoms with Crippen LogP contribution >= 0.6 is 0 Å². The average Bonchev–Trinajstić information content (AvgIpc) is 2.64. The summed E-state index contributed by atoms with van der Waals surface area (Å²) in [6.45, 7) is 10.9. The Morgan fingerprint density at radius 1 is 0.938 bits per heavy atom. The molecule has 2 unspecified atom stereocenters. The quantitative estimate of drug-likeness (QED) is 0.712. The summed E-state index contributed by atoms with van der Waals surface area (Å²) in [6, 6.07) is 0.769. The predicted molar refractivity (Wildman–Crippen MR) is 70.5 cm³/mol. The molecule has 1 saturated carbocycles. The topological polar surface area (TPSA) is 12.0 Å². The van der Waals surface area contributed by atoms with Gasteiger partial charge in [0.25, 0.3) is 0 Å². The van der Waals surface area contributed by atoms with Crippen LogP contribution in [0, 0.1) is 23.2 Å². The highest BCUT2D eigenvalue weighted by molar-refractivity contribution is 4.88. The van der Waals surface area contributed by atoms with Gasteiger partial charge < -0.3 is 5.32 Å². The van der Waals surface area contributed by atoms with Gasteiger partial charge in [-0.05, 0) is 68.7 Å². The Kier molecular flexibility index (Phi) is 3.63. The van der Waals surface area contributed by atoms with Crippen LogP contribution in [0.2, 0.25) is 0 Å². The maximum atomic E-state index is 3.61. The Hall–Kier alpha value is -0.0400. The third kappa shape index (κ3) is 2.80. The molecule has 2 rings (SSSR count). The van der Waals surface area contributed by atoms with Crippen molar-refractivity contribution in [2.24, 2.45) is 23.2 Å². The van der Waals surface area contributed by atoms with Gasteiger partial charge in [0.1, 0.15) is 0 Å². The fraction of sp³-hybridized carbons (Fsp3) is 1.00. The first-order valence-electron chi connectivity index (χ1n) is 7.20. The molecule has 1 nitrogen and oxygen atoms in total. The van der Waals surface area contributed by atoms with E-state index in [0.717, 1.165) is 23.8 Å². The third-order valence-electron chi connectivity index (χ3n) is 5.05. The molecule has 0 spiro atoms. The molecule has 0 aromatic rings. The molecule has 2 atom stereocenters. The molecular weight excluding hydrogens is 194 g/mol. The second-order valence-corrected chi connectivity index (χ2v) is 7.28. The molecule has 0 bridgehead atoms. The van der Waals surface area contributed by atoms with Crippen molar-refractivity contribution in [3.63, 3.8) is 0 Å². The zero-order chi connectivity index (χ0) is 11.8. The molecule has 0 radical (unpaired) electrons. The van der Waals surface area contributed by atoms with Crippen LogP contribution in [0.3, 0.4) is 0 Å². The van der Waals surface area contributed by atoms with Crippen molar-refractivity contribution in [2.75, 3.05) is 6.54 Å². The van der Waals surface area contributed by atoms with Crippen LogP contribution in [0.1, 0.15) is 59.8 Å². The first kappa shape index (κ1) is 12.4. The molecule has 1 aliphatic carbocycles. The van der Waals surface area contributed by atoms with Crippen molar-refractivity contribution < 1.29 is 0 Å². The van der Waals surface area contributed by atoms with Crippen LogP contribution in [0.15, 0.2) is 0 Å². The highest BCUT2D eigenvalue weighted by Gasteiger charge is 2.34. The Balaban J connectivity index is 1.81. The van der Waals surface area contributed by atoms with E-state index in [0.29, 0.717) is 5.41 Å². The fourth-order valence-electron chi connectivity index (χ4n) is 3.79. The van der Waals surface area contributed by atoms with Crippen molar-refractivity contribution >= 4 is 0 Å². The maximum Gasteiger partial charge on any atom is 0.00420 e. The highest BCUT2D eigenvalue weighted by Crippen LogP contribution is 2.43. The number of hydrogen-bond donors (Lipinski definition) is 1. The van der Waals surface area contributed by atoms with Gasteiger partial charge in [0, 0.05) is 6.04 Å². The van der Waals surface area contributed by atoms with Crippen molar-refractivity contribution in [2.45, 2.75) is 65.8 Å². The van der Waals surface area contributed by atoms with Crippen LogP contribution in [-0.2, 0) is 0 Å². The minimum Gasteiger partial charge on any atom is -0.314 e. The molecule has 0 aromatic heterocycles. The molecule has 0 aromatic carbocycles. The molecule has 2 fully saturated rings. The molecule has 16 heavy (non-hydrogen) atoms. The van der Waals surface area contributed by atoms with Crippen LogP contribution in [0.25, 0.3) is 0 Å². The SMILES string of the molecule is CC1CC(C2CCC(C(C)(C)C)CC2)CN1. The van der Waals surface area contributed by atoms with Crippen molar-refractivity contribution in [1.29, 1.82) is 0 Å². The molecule has 1 N–H and O–H groups in total. The average molecular weight is 223 g/mol. The number of nitrogens with one attached hydrogen (secondary N) is 1. The largest absolute Gasteiger partial charge is 0.314 e. The monoisotopic (exact) mass is 223 g/mol. The zero-order valence-electron chi connectivity index (χ0n) is 11.6. The molecule has 1 aliphatic heterocycles. The van der Waals surface area contributed by atoms with Crippen molar-refractivity contribution in [3.05, 3.63) is 0 Å². The van der Waals surface area contributed by atoms with Gasteiger partial charge in [-0.15, -0.1) is 0 Å². The summed E-state index contributed by atoms with van der Waals surface area (Å²) < 4.78 is 0. The summed E-state index contributed by atoms with van der Waals surface area (Å²) in [6.07, 6.45) is 7.34. The standard InChI is InChI=1S/C15H29N/c1-11-9-13(10-16-11)12-5-7-14(8-6-12)15(2,3)4/h11-14,16H,5-10H2,1-4H3. The number of rotatable bonds is 1. The van der Waals surface area contributed by atoms with Gasteiger partial charge in [-0.3, -0.25) is 0 Å². The molecule has 94 valence electrons. The molecule has 1 heteroatoms. The summed E-state index contributed by atoms with van der Waals surface area (Å²) in [5.74, 6) is 2.97. The lowest BCUT2D eigenvalue weighted by Crippen LogP contribution is -2.29. The van der Waals surface area contributed by atoms with Gasteiger partial charge in [0.05, 0.1) is 0 Å². The summed E-state index contributed by atoms with van der Waals surface area (Å²) in [7, 11) is 0. The lowest BCUT2D eigenvalue weighted by Gasteiger charge is -2.38. The Morgan fingerprint density at radius 2 is 1.56 bits per heavy atom. The smallest absolute Gasteiger partial charge is 0.00420 e. The van der Waals surface area contributed by atoms with E-state index >= 15 is 0 Å². The van der Waals surface area contributed by atoms with E-state index in [-0.39, 0.29) is 0 Å².